The Bertz CT molecular complexity index is 470. The van der Waals surface area contributed by atoms with Crippen LogP contribution in [0.2, 0.25) is 0 Å². The fourth-order valence-electron chi connectivity index (χ4n) is 1.07. The van der Waals surface area contributed by atoms with Gasteiger partial charge >= 0.3 is 29.6 Å². The van der Waals surface area contributed by atoms with Crippen molar-refractivity contribution in [3.05, 3.63) is 60.7 Å². The summed E-state index contributed by atoms with van der Waals surface area (Å²) in [5.41, 5.74) is 0. The molecule has 0 saturated carbocycles. The van der Waals surface area contributed by atoms with Crippen LogP contribution in [-0.4, -0.2) is 47.1 Å². The molecule has 0 aromatic heterocycles. The van der Waals surface area contributed by atoms with E-state index in [1.54, 1.807) is 60.7 Å². The molecule has 4 nitrogen and oxygen atoms in total. The monoisotopic (exact) mass is 308 g/mol. The van der Waals surface area contributed by atoms with Gasteiger partial charge in [-0.2, -0.15) is 0 Å². The molecule has 7 heteroatoms. The van der Waals surface area contributed by atoms with Crippen molar-refractivity contribution >= 4 is 51.7 Å². The third kappa shape index (κ3) is 7.74. The Kier molecular flexibility index (Phi) is 10.3. The molecule has 0 saturated heterocycles. The molecule has 0 aliphatic carbocycles. The first kappa shape index (κ1) is 18.7. The Morgan fingerprint density at radius 3 is 1.05 bits per heavy atom. The zero-order valence-corrected chi connectivity index (χ0v) is 10.9. The molecule has 0 radical (unpaired) electrons. The van der Waals surface area contributed by atoms with Crippen molar-refractivity contribution in [2.24, 2.45) is 0 Å². The van der Waals surface area contributed by atoms with E-state index < -0.39 is 22.2 Å². The predicted octanol–water partition coefficient (Wildman–Crippen LogP) is 1.89. The molecular formula is C12H13NaO4S2. The van der Waals surface area contributed by atoms with Crippen molar-refractivity contribution < 1.29 is 17.5 Å². The minimum atomic E-state index is -1.83. The Hall–Kier alpha value is -0.340. The Morgan fingerprint density at radius 1 is 0.632 bits per heavy atom. The van der Waals surface area contributed by atoms with Gasteiger partial charge in [-0.25, -0.2) is 8.42 Å². The van der Waals surface area contributed by atoms with Gasteiger partial charge in [0.2, 0.25) is 0 Å². The molecule has 2 rings (SSSR count). The number of benzene rings is 2. The van der Waals surface area contributed by atoms with Gasteiger partial charge in [-0.1, -0.05) is 36.4 Å². The van der Waals surface area contributed by atoms with Gasteiger partial charge in [-0.05, 0) is 24.3 Å². The van der Waals surface area contributed by atoms with Crippen LogP contribution < -0.4 is 0 Å². The van der Waals surface area contributed by atoms with Gasteiger partial charge in [0.25, 0.3) is 0 Å². The summed E-state index contributed by atoms with van der Waals surface area (Å²) >= 11 is -3.66. The normalized spacial score (nSPS) is 12.3. The molecule has 2 aromatic carbocycles. The van der Waals surface area contributed by atoms with Crippen molar-refractivity contribution in [1.29, 1.82) is 0 Å². The fourth-order valence-corrected chi connectivity index (χ4v) is 1.85. The van der Waals surface area contributed by atoms with Gasteiger partial charge in [0.1, 0.15) is 0 Å². The SMILES string of the molecule is O=S(O)c1ccccc1.O=S(O)c1ccccc1.[NaH]. The van der Waals surface area contributed by atoms with Crippen LogP contribution >= 0.6 is 0 Å². The maximum absolute atomic E-state index is 10.3. The van der Waals surface area contributed by atoms with E-state index in [4.69, 9.17) is 9.11 Å². The zero-order valence-electron chi connectivity index (χ0n) is 9.30. The van der Waals surface area contributed by atoms with Crippen LogP contribution in [-0.2, 0) is 22.2 Å². The van der Waals surface area contributed by atoms with Gasteiger partial charge in [0, 0.05) is 0 Å². The van der Waals surface area contributed by atoms with Gasteiger partial charge in [-0.3, -0.25) is 0 Å². The average Bonchev–Trinajstić information content (AvgIpc) is 2.41. The first-order valence-corrected chi connectivity index (χ1v) is 7.14. The molecule has 2 atom stereocenters. The summed E-state index contributed by atoms with van der Waals surface area (Å²) in [5.74, 6) is 0. The van der Waals surface area contributed by atoms with E-state index in [1.807, 2.05) is 0 Å². The van der Waals surface area contributed by atoms with Gasteiger partial charge in [0.05, 0.1) is 9.79 Å². The minimum absolute atomic E-state index is 0. The third-order valence-corrected chi connectivity index (χ3v) is 3.24. The number of hydrogen-bond donors (Lipinski definition) is 2. The molecule has 98 valence electrons. The third-order valence-electron chi connectivity index (χ3n) is 1.89. The van der Waals surface area contributed by atoms with Crippen LogP contribution in [0, 0.1) is 0 Å². The van der Waals surface area contributed by atoms with Crippen molar-refractivity contribution in [2.75, 3.05) is 0 Å². The molecule has 0 heterocycles. The summed E-state index contributed by atoms with van der Waals surface area (Å²) in [4.78, 5) is 0.884. The van der Waals surface area contributed by atoms with Crippen LogP contribution in [0.25, 0.3) is 0 Å². The molecule has 2 aromatic rings. The molecule has 2 N–H and O–H groups in total. The quantitative estimate of drug-likeness (QED) is 0.656. The van der Waals surface area contributed by atoms with E-state index >= 15 is 0 Å². The van der Waals surface area contributed by atoms with E-state index in [0.29, 0.717) is 9.79 Å². The second kappa shape index (κ2) is 10.4. The topological polar surface area (TPSA) is 74.6 Å². The Balaban J connectivity index is 0.000000324. The van der Waals surface area contributed by atoms with Crippen molar-refractivity contribution in [2.45, 2.75) is 9.79 Å². The summed E-state index contributed by atoms with van der Waals surface area (Å²) in [7, 11) is 0. The van der Waals surface area contributed by atoms with E-state index in [2.05, 4.69) is 0 Å². The van der Waals surface area contributed by atoms with Crippen molar-refractivity contribution in [3.8, 4) is 0 Å². The standard InChI is InChI=1S/2C6H6O2S.Na.H/c2*7-9(8)6-4-2-1-3-5-6;;/h2*1-5H,(H,7,8);;. The van der Waals surface area contributed by atoms with Crippen LogP contribution in [0.5, 0.6) is 0 Å². The molecule has 0 aliphatic heterocycles. The molecule has 2 unspecified atom stereocenters. The van der Waals surface area contributed by atoms with Crippen LogP contribution in [0.15, 0.2) is 70.5 Å². The van der Waals surface area contributed by atoms with Crippen molar-refractivity contribution in [1.82, 2.24) is 0 Å². The molecule has 0 aliphatic rings. The average molecular weight is 308 g/mol. The summed E-state index contributed by atoms with van der Waals surface area (Å²) in [6.07, 6.45) is 0. The summed E-state index contributed by atoms with van der Waals surface area (Å²) in [5, 5.41) is 0. The van der Waals surface area contributed by atoms with Crippen LogP contribution in [0.3, 0.4) is 0 Å². The number of rotatable bonds is 2. The second-order valence-corrected chi connectivity index (χ2v) is 5.06. The Labute approximate surface area is 139 Å². The Morgan fingerprint density at radius 2 is 0.895 bits per heavy atom. The predicted molar refractivity (Wildman–Crippen MR) is 78.1 cm³/mol. The van der Waals surface area contributed by atoms with E-state index in [9.17, 15) is 8.42 Å². The molecule has 19 heavy (non-hydrogen) atoms. The number of hydrogen-bond acceptors (Lipinski definition) is 2. The zero-order chi connectivity index (χ0) is 13.4. The molecular weight excluding hydrogens is 295 g/mol. The van der Waals surface area contributed by atoms with E-state index in [-0.39, 0.29) is 29.6 Å². The molecule has 0 fully saturated rings. The molecule has 0 bridgehead atoms. The summed E-state index contributed by atoms with van der Waals surface area (Å²) in [6.45, 7) is 0. The fraction of sp³-hybridized carbons (Fsp3) is 0. The van der Waals surface area contributed by atoms with Crippen molar-refractivity contribution in [3.63, 3.8) is 0 Å². The summed E-state index contributed by atoms with van der Waals surface area (Å²) < 4.78 is 37.6. The summed E-state index contributed by atoms with van der Waals surface area (Å²) in [6, 6.07) is 16.9. The second-order valence-electron chi connectivity index (χ2n) is 3.12. The first-order valence-electron chi connectivity index (χ1n) is 4.93. The van der Waals surface area contributed by atoms with Crippen LogP contribution in [0.4, 0.5) is 0 Å². The van der Waals surface area contributed by atoms with Crippen LogP contribution in [0.1, 0.15) is 0 Å². The first-order chi connectivity index (χ1) is 8.61. The van der Waals surface area contributed by atoms with E-state index in [1.165, 1.54) is 0 Å². The van der Waals surface area contributed by atoms with E-state index in [0.717, 1.165) is 0 Å². The van der Waals surface area contributed by atoms with Gasteiger partial charge < -0.3 is 9.11 Å². The molecule has 0 amide bonds. The van der Waals surface area contributed by atoms with Gasteiger partial charge in [-0.15, -0.1) is 0 Å². The van der Waals surface area contributed by atoms with Gasteiger partial charge in [0.15, 0.2) is 22.2 Å². The molecule has 0 spiro atoms. The maximum atomic E-state index is 10.3.